The van der Waals surface area contributed by atoms with Crippen molar-refractivity contribution in [2.75, 3.05) is 18.4 Å². The molecule has 2 aliphatic rings. The Morgan fingerprint density at radius 2 is 2.00 bits per heavy atom. The van der Waals surface area contributed by atoms with Gasteiger partial charge in [0.05, 0.1) is 12.0 Å². The maximum Gasteiger partial charge on any atom is 0.410 e. The summed E-state index contributed by atoms with van der Waals surface area (Å²) in [6.07, 6.45) is -0.409. The summed E-state index contributed by atoms with van der Waals surface area (Å²) in [5.74, 6) is -1.78. The van der Waals surface area contributed by atoms with Crippen molar-refractivity contribution >= 4 is 23.6 Å². The summed E-state index contributed by atoms with van der Waals surface area (Å²) in [5.41, 5.74) is 0.345. The molecule has 1 aromatic carbocycles. The first-order valence-electron chi connectivity index (χ1n) is 8.50. The summed E-state index contributed by atoms with van der Waals surface area (Å²) < 4.78 is 18.6. The standard InChI is InChI=1S/C18H22FN3O4/c1-18(2,3)26-17(25)22-8-11(9-22)20-16(24)13-7-15(23)21-14-6-10(19)4-5-12(13)14/h4-6,11,13H,7-9H2,1-3H3,(H,20,24)(H,21,23)/t13-/m1/s1. The number of benzene rings is 1. The Balaban J connectivity index is 1.59. The number of nitrogens with one attached hydrogen (secondary N) is 2. The van der Waals surface area contributed by atoms with Gasteiger partial charge >= 0.3 is 6.09 Å². The molecule has 0 aromatic heterocycles. The summed E-state index contributed by atoms with van der Waals surface area (Å²) in [6, 6.07) is 3.80. The van der Waals surface area contributed by atoms with Crippen LogP contribution in [0.25, 0.3) is 0 Å². The number of anilines is 1. The number of halogens is 1. The number of ether oxygens (including phenoxy) is 1. The van der Waals surface area contributed by atoms with Crippen LogP contribution in [0.1, 0.15) is 38.7 Å². The van der Waals surface area contributed by atoms with Crippen LogP contribution in [0.4, 0.5) is 14.9 Å². The summed E-state index contributed by atoms with van der Waals surface area (Å²) in [5, 5.41) is 5.43. The monoisotopic (exact) mass is 363 g/mol. The fourth-order valence-corrected chi connectivity index (χ4v) is 3.02. The van der Waals surface area contributed by atoms with Crippen LogP contribution in [0.3, 0.4) is 0 Å². The van der Waals surface area contributed by atoms with E-state index in [1.165, 1.54) is 23.1 Å². The molecule has 0 unspecified atom stereocenters. The van der Waals surface area contributed by atoms with Crippen LogP contribution in [0, 0.1) is 5.82 Å². The zero-order valence-electron chi connectivity index (χ0n) is 15.0. The zero-order chi connectivity index (χ0) is 19.1. The third-order valence-electron chi connectivity index (χ3n) is 4.25. The second kappa shape index (κ2) is 6.59. The van der Waals surface area contributed by atoms with Crippen LogP contribution in [-0.4, -0.2) is 47.5 Å². The first-order valence-corrected chi connectivity index (χ1v) is 8.50. The molecule has 2 N–H and O–H groups in total. The largest absolute Gasteiger partial charge is 0.444 e. The maximum atomic E-state index is 13.4. The number of nitrogens with zero attached hydrogens (tertiary/aromatic N) is 1. The molecule has 1 atom stereocenters. The lowest BCUT2D eigenvalue weighted by Gasteiger charge is -2.40. The molecule has 0 spiro atoms. The average molecular weight is 363 g/mol. The van der Waals surface area contributed by atoms with Gasteiger partial charge in [-0.2, -0.15) is 0 Å². The first kappa shape index (κ1) is 18.2. The minimum absolute atomic E-state index is 0.00691. The molecule has 7 nitrogen and oxygen atoms in total. The Morgan fingerprint density at radius 1 is 1.31 bits per heavy atom. The lowest BCUT2D eigenvalue weighted by atomic mass is 9.89. The minimum atomic E-state index is -0.671. The van der Waals surface area contributed by atoms with E-state index < -0.39 is 23.4 Å². The van der Waals surface area contributed by atoms with Crippen molar-refractivity contribution in [1.29, 1.82) is 0 Å². The molecule has 2 aliphatic heterocycles. The third-order valence-corrected chi connectivity index (χ3v) is 4.25. The second-order valence-corrected chi connectivity index (χ2v) is 7.63. The van der Waals surface area contributed by atoms with Crippen molar-refractivity contribution in [2.45, 2.75) is 44.8 Å². The van der Waals surface area contributed by atoms with Gasteiger partial charge in [0.25, 0.3) is 0 Å². The molecule has 1 saturated heterocycles. The molecule has 3 rings (SSSR count). The Kier molecular flexibility index (Phi) is 4.60. The van der Waals surface area contributed by atoms with E-state index in [0.717, 1.165) is 0 Å². The first-order chi connectivity index (χ1) is 12.1. The van der Waals surface area contributed by atoms with Gasteiger partial charge in [0.2, 0.25) is 11.8 Å². The second-order valence-electron chi connectivity index (χ2n) is 7.63. The number of rotatable bonds is 2. The highest BCUT2D eigenvalue weighted by Gasteiger charge is 2.37. The van der Waals surface area contributed by atoms with Crippen LogP contribution >= 0.6 is 0 Å². The van der Waals surface area contributed by atoms with Gasteiger partial charge in [0.15, 0.2) is 0 Å². The lowest BCUT2D eigenvalue weighted by Crippen LogP contribution is -2.62. The van der Waals surface area contributed by atoms with Gasteiger partial charge in [-0.15, -0.1) is 0 Å². The van der Waals surface area contributed by atoms with Gasteiger partial charge in [0.1, 0.15) is 11.4 Å². The highest BCUT2D eigenvalue weighted by Crippen LogP contribution is 2.33. The van der Waals surface area contributed by atoms with Gasteiger partial charge in [-0.3, -0.25) is 9.59 Å². The van der Waals surface area contributed by atoms with Crippen LogP contribution in [0.5, 0.6) is 0 Å². The molecular formula is C18H22FN3O4. The van der Waals surface area contributed by atoms with Gasteiger partial charge in [-0.25, -0.2) is 9.18 Å². The van der Waals surface area contributed by atoms with Crippen molar-refractivity contribution in [2.24, 2.45) is 0 Å². The lowest BCUT2D eigenvalue weighted by molar-refractivity contribution is -0.127. The van der Waals surface area contributed by atoms with E-state index in [1.54, 1.807) is 20.8 Å². The number of hydrogen-bond donors (Lipinski definition) is 2. The van der Waals surface area contributed by atoms with Gasteiger partial charge in [0, 0.05) is 25.2 Å². The average Bonchev–Trinajstić information content (AvgIpc) is 2.46. The van der Waals surface area contributed by atoms with Gasteiger partial charge < -0.3 is 20.3 Å². The molecule has 2 heterocycles. The van der Waals surface area contributed by atoms with E-state index in [1.807, 2.05) is 0 Å². The Bertz CT molecular complexity index is 753. The number of carbonyl (C=O) groups is 3. The van der Waals surface area contributed by atoms with Crippen molar-refractivity contribution in [3.8, 4) is 0 Å². The molecule has 0 saturated carbocycles. The van der Waals surface area contributed by atoms with E-state index in [2.05, 4.69) is 10.6 Å². The van der Waals surface area contributed by atoms with Crippen molar-refractivity contribution in [3.05, 3.63) is 29.6 Å². The number of likely N-dealkylation sites (tertiary alicyclic amines) is 1. The highest BCUT2D eigenvalue weighted by atomic mass is 19.1. The van der Waals surface area contributed by atoms with E-state index in [9.17, 15) is 18.8 Å². The predicted octanol–water partition coefficient (Wildman–Crippen LogP) is 1.99. The fourth-order valence-electron chi connectivity index (χ4n) is 3.02. The Morgan fingerprint density at radius 3 is 2.65 bits per heavy atom. The molecule has 1 fully saturated rings. The topological polar surface area (TPSA) is 87.7 Å². The molecule has 3 amide bonds. The van der Waals surface area contributed by atoms with Crippen LogP contribution in [-0.2, 0) is 14.3 Å². The van der Waals surface area contributed by atoms with E-state index in [0.29, 0.717) is 24.3 Å². The maximum absolute atomic E-state index is 13.4. The summed E-state index contributed by atoms with van der Waals surface area (Å²) >= 11 is 0. The normalized spacial score (nSPS) is 19.9. The smallest absolute Gasteiger partial charge is 0.410 e. The summed E-state index contributed by atoms with van der Waals surface area (Å²) in [6.45, 7) is 6.08. The quantitative estimate of drug-likeness (QED) is 0.841. The van der Waals surface area contributed by atoms with Crippen LogP contribution in [0.2, 0.25) is 0 Å². The fraction of sp³-hybridized carbons (Fsp3) is 0.500. The zero-order valence-corrected chi connectivity index (χ0v) is 15.0. The molecule has 8 heteroatoms. The molecule has 0 bridgehead atoms. The van der Waals surface area contributed by atoms with Crippen LogP contribution in [0.15, 0.2) is 18.2 Å². The van der Waals surface area contributed by atoms with Crippen molar-refractivity contribution in [1.82, 2.24) is 10.2 Å². The number of fused-ring (bicyclic) bond motifs is 1. The number of amides is 3. The molecule has 140 valence electrons. The molecule has 26 heavy (non-hydrogen) atoms. The Hall–Kier alpha value is -2.64. The van der Waals surface area contributed by atoms with Crippen molar-refractivity contribution < 1.29 is 23.5 Å². The predicted molar refractivity (Wildman–Crippen MR) is 92.1 cm³/mol. The highest BCUT2D eigenvalue weighted by molar-refractivity contribution is 6.01. The minimum Gasteiger partial charge on any atom is -0.444 e. The summed E-state index contributed by atoms with van der Waals surface area (Å²) in [4.78, 5) is 37.8. The molecule has 0 aliphatic carbocycles. The van der Waals surface area contributed by atoms with Gasteiger partial charge in [-0.1, -0.05) is 6.07 Å². The molecular weight excluding hydrogens is 341 g/mol. The number of hydrogen-bond acceptors (Lipinski definition) is 4. The van der Waals surface area contributed by atoms with Gasteiger partial charge in [-0.05, 0) is 38.5 Å². The van der Waals surface area contributed by atoms with E-state index >= 15 is 0 Å². The van der Waals surface area contributed by atoms with Crippen LogP contribution < -0.4 is 10.6 Å². The third kappa shape index (κ3) is 3.95. The van der Waals surface area contributed by atoms with Crippen molar-refractivity contribution in [3.63, 3.8) is 0 Å². The number of carbonyl (C=O) groups excluding carboxylic acids is 3. The SMILES string of the molecule is CC(C)(C)OC(=O)N1CC(NC(=O)[C@@H]2CC(=O)Nc3cc(F)ccc32)C1. The summed E-state index contributed by atoms with van der Waals surface area (Å²) in [7, 11) is 0. The molecule has 1 aromatic rings. The molecule has 0 radical (unpaired) electrons. The van der Waals surface area contributed by atoms with E-state index in [-0.39, 0.29) is 24.3 Å². The van der Waals surface area contributed by atoms with E-state index in [4.69, 9.17) is 4.74 Å². The Labute approximate surface area is 150 Å².